The zero-order valence-corrected chi connectivity index (χ0v) is 9.21. The minimum absolute atomic E-state index is 0.219. The van der Waals surface area contributed by atoms with Crippen LogP contribution in [0.5, 0.6) is 0 Å². The molecule has 0 aromatic heterocycles. The van der Waals surface area contributed by atoms with Gasteiger partial charge in [0.1, 0.15) is 0 Å². The van der Waals surface area contributed by atoms with E-state index in [2.05, 4.69) is 13.8 Å². The Morgan fingerprint density at radius 2 is 1.86 bits per heavy atom. The zero-order chi connectivity index (χ0) is 10.4. The quantitative estimate of drug-likeness (QED) is 0.646. The van der Waals surface area contributed by atoms with E-state index in [1.807, 2.05) is 6.08 Å². The highest BCUT2D eigenvalue weighted by molar-refractivity contribution is 5.92. The summed E-state index contributed by atoms with van der Waals surface area (Å²) in [5.41, 5.74) is 1.27. The van der Waals surface area contributed by atoms with Crippen molar-refractivity contribution in [2.75, 3.05) is 13.2 Å². The summed E-state index contributed by atoms with van der Waals surface area (Å²) in [5.74, 6) is 0.531. The average Bonchev–Trinajstić information content (AvgIpc) is 2.26. The number of ketones is 1. The van der Waals surface area contributed by atoms with Crippen LogP contribution < -0.4 is 0 Å². The summed E-state index contributed by atoms with van der Waals surface area (Å²) in [6, 6.07) is 0. The molecule has 1 heterocycles. The molecule has 0 aliphatic carbocycles. The van der Waals surface area contributed by atoms with Crippen molar-refractivity contribution in [1.29, 1.82) is 0 Å². The van der Waals surface area contributed by atoms with Gasteiger partial charge in [0.2, 0.25) is 0 Å². The largest absolute Gasteiger partial charge is 0.381 e. The van der Waals surface area contributed by atoms with Gasteiger partial charge >= 0.3 is 0 Å². The lowest BCUT2D eigenvalue weighted by Crippen LogP contribution is -2.22. The van der Waals surface area contributed by atoms with Crippen molar-refractivity contribution in [1.82, 2.24) is 0 Å². The molecule has 0 radical (unpaired) electrons. The lowest BCUT2D eigenvalue weighted by Gasteiger charge is -2.19. The first kappa shape index (κ1) is 11.4. The third kappa shape index (κ3) is 3.26. The molecule has 1 rings (SSSR count). The van der Waals surface area contributed by atoms with E-state index in [-0.39, 0.29) is 5.92 Å². The van der Waals surface area contributed by atoms with Crippen molar-refractivity contribution < 1.29 is 9.53 Å². The van der Waals surface area contributed by atoms with E-state index in [1.54, 1.807) is 0 Å². The van der Waals surface area contributed by atoms with Crippen LogP contribution in [-0.4, -0.2) is 19.0 Å². The Hall–Kier alpha value is -0.630. The number of carbonyl (C=O) groups is 1. The first-order valence-electron chi connectivity index (χ1n) is 5.59. The van der Waals surface area contributed by atoms with Crippen molar-refractivity contribution in [2.45, 2.75) is 39.5 Å². The minimum Gasteiger partial charge on any atom is -0.381 e. The molecule has 2 heteroatoms. The highest BCUT2D eigenvalue weighted by Gasteiger charge is 2.19. The van der Waals surface area contributed by atoms with Crippen LogP contribution in [0, 0.1) is 5.92 Å². The van der Waals surface area contributed by atoms with Gasteiger partial charge in [0.05, 0.1) is 0 Å². The Bertz CT molecular complexity index is 206. The summed E-state index contributed by atoms with van der Waals surface area (Å²) < 4.78 is 5.23. The number of rotatable bonds is 4. The second-order valence-corrected chi connectivity index (χ2v) is 3.80. The molecule has 1 fully saturated rings. The molecule has 0 aromatic carbocycles. The van der Waals surface area contributed by atoms with E-state index >= 15 is 0 Å². The summed E-state index contributed by atoms with van der Waals surface area (Å²) >= 11 is 0. The molecule has 2 nitrogen and oxygen atoms in total. The van der Waals surface area contributed by atoms with Crippen LogP contribution >= 0.6 is 0 Å². The fourth-order valence-electron chi connectivity index (χ4n) is 1.76. The van der Waals surface area contributed by atoms with Crippen molar-refractivity contribution in [3.8, 4) is 0 Å². The van der Waals surface area contributed by atoms with Crippen LogP contribution in [-0.2, 0) is 9.53 Å². The highest BCUT2D eigenvalue weighted by Crippen LogP contribution is 2.18. The number of hydrogen-bond donors (Lipinski definition) is 0. The van der Waals surface area contributed by atoms with Crippen LogP contribution in [0.15, 0.2) is 11.6 Å². The van der Waals surface area contributed by atoms with Crippen LogP contribution in [0.1, 0.15) is 39.5 Å². The van der Waals surface area contributed by atoms with E-state index in [9.17, 15) is 4.79 Å². The maximum absolute atomic E-state index is 11.8. The van der Waals surface area contributed by atoms with Gasteiger partial charge in [-0.3, -0.25) is 4.79 Å². The zero-order valence-electron chi connectivity index (χ0n) is 9.21. The molecule has 0 amide bonds. The summed E-state index contributed by atoms with van der Waals surface area (Å²) in [6.07, 6.45) is 5.64. The molecule has 1 aliphatic heterocycles. The molecule has 0 bridgehead atoms. The first-order valence-corrected chi connectivity index (χ1v) is 5.59. The number of hydrogen-bond acceptors (Lipinski definition) is 2. The molecule has 0 unspecified atom stereocenters. The van der Waals surface area contributed by atoms with Crippen LogP contribution in [0.25, 0.3) is 0 Å². The molecule has 1 aliphatic rings. The van der Waals surface area contributed by atoms with Gasteiger partial charge in [-0.05, 0) is 31.8 Å². The van der Waals surface area contributed by atoms with Gasteiger partial charge in [0.15, 0.2) is 5.78 Å². The molecule has 0 saturated carbocycles. The topological polar surface area (TPSA) is 26.3 Å². The molecule has 0 N–H and O–H groups in total. The van der Waals surface area contributed by atoms with E-state index in [1.165, 1.54) is 5.57 Å². The normalized spacial score (nSPS) is 17.9. The molecule has 1 saturated heterocycles. The van der Waals surface area contributed by atoms with E-state index in [0.29, 0.717) is 5.78 Å². The highest BCUT2D eigenvalue weighted by atomic mass is 16.5. The lowest BCUT2D eigenvalue weighted by molar-refractivity contribution is -0.120. The average molecular weight is 196 g/mol. The number of ether oxygens (including phenoxy) is 1. The monoisotopic (exact) mass is 196 g/mol. The Balaban J connectivity index is 2.50. The Kier molecular flexibility index (Phi) is 4.88. The minimum atomic E-state index is 0.219. The van der Waals surface area contributed by atoms with Gasteiger partial charge in [0, 0.05) is 19.1 Å². The number of carbonyl (C=O) groups excluding carboxylic acids is 1. The summed E-state index contributed by atoms with van der Waals surface area (Å²) in [7, 11) is 0. The van der Waals surface area contributed by atoms with Crippen molar-refractivity contribution >= 4 is 5.78 Å². The Labute approximate surface area is 86.3 Å². The van der Waals surface area contributed by atoms with Crippen molar-refractivity contribution in [3.63, 3.8) is 0 Å². The van der Waals surface area contributed by atoms with E-state index in [4.69, 9.17) is 4.74 Å². The smallest absolute Gasteiger partial charge is 0.158 e. The molecule has 0 aromatic rings. The molecular formula is C12H20O2. The molecule has 14 heavy (non-hydrogen) atoms. The summed E-state index contributed by atoms with van der Waals surface area (Å²) in [4.78, 5) is 11.8. The standard InChI is InChI=1S/C12H20O2/c1-3-10(4-2)9-12(13)11-5-7-14-8-6-11/h9,11H,3-8H2,1-2H3. The Morgan fingerprint density at radius 3 is 2.36 bits per heavy atom. The second-order valence-electron chi connectivity index (χ2n) is 3.80. The second kappa shape index (κ2) is 5.97. The van der Waals surface area contributed by atoms with Crippen LogP contribution in [0.2, 0.25) is 0 Å². The summed E-state index contributed by atoms with van der Waals surface area (Å²) in [6.45, 7) is 5.70. The fraction of sp³-hybridized carbons (Fsp3) is 0.750. The van der Waals surface area contributed by atoms with Gasteiger partial charge in [0.25, 0.3) is 0 Å². The predicted molar refractivity (Wildman–Crippen MR) is 57.2 cm³/mol. The molecule has 0 atom stereocenters. The van der Waals surface area contributed by atoms with Crippen molar-refractivity contribution in [2.24, 2.45) is 5.92 Å². The maximum Gasteiger partial charge on any atom is 0.158 e. The van der Waals surface area contributed by atoms with Crippen LogP contribution in [0.4, 0.5) is 0 Å². The summed E-state index contributed by atoms with van der Waals surface area (Å²) in [5, 5.41) is 0. The third-order valence-electron chi connectivity index (χ3n) is 2.88. The van der Waals surface area contributed by atoms with Gasteiger partial charge in [-0.2, -0.15) is 0 Å². The maximum atomic E-state index is 11.8. The van der Waals surface area contributed by atoms with Gasteiger partial charge in [-0.1, -0.05) is 19.4 Å². The number of allylic oxidation sites excluding steroid dienone is 2. The SMILES string of the molecule is CCC(=CC(=O)C1CCOCC1)CC. The predicted octanol–water partition coefficient (Wildman–Crippen LogP) is 2.73. The fourth-order valence-corrected chi connectivity index (χ4v) is 1.76. The Morgan fingerprint density at radius 1 is 1.29 bits per heavy atom. The van der Waals surface area contributed by atoms with E-state index in [0.717, 1.165) is 38.9 Å². The van der Waals surface area contributed by atoms with Crippen molar-refractivity contribution in [3.05, 3.63) is 11.6 Å². The molecular weight excluding hydrogens is 176 g/mol. The first-order chi connectivity index (χ1) is 6.77. The van der Waals surface area contributed by atoms with Gasteiger partial charge in [-0.25, -0.2) is 0 Å². The van der Waals surface area contributed by atoms with Crippen LogP contribution in [0.3, 0.4) is 0 Å². The third-order valence-corrected chi connectivity index (χ3v) is 2.88. The molecule has 0 spiro atoms. The molecule has 80 valence electrons. The van der Waals surface area contributed by atoms with Gasteiger partial charge in [-0.15, -0.1) is 0 Å². The van der Waals surface area contributed by atoms with Gasteiger partial charge < -0.3 is 4.74 Å². The lowest BCUT2D eigenvalue weighted by atomic mass is 9.93. The van der Waals surface area contributed by atoms with E-state index < -0.39 is 0 Å².